The van der Waals surface area contributed by atoms with Crippen LogP contribution in [0.25, 0.3) is 0 Å². The molecule has 0 aliphatic carbocycles. The number of aromatic hydroxyl groups is 1. The van der Waals surface area contributed by atoms with E-state index in [-0.39, 0.29) is 18.0 Å². The highest BCUT2D eigenvalue weighted by molar-refractivity contribution is 5.87. The van der Waals surface area contributed by atoms with Crippen LogP contribution in [-0.4, -0.2) is 15.9 Å². The fourth-order valence-corrected chi connectivity index (χ4v) is 2.88. The predicted molar refractivity (Wildman–Crippen MR) is 106 cm³/mol. The molecule has 0 bridgehead atoms. The van der Waals surface area contributed by atoms with Crippen LogP contribution in [0.1, 0.15) is 27.8 Å². The normalized spacial score (nSPS) is 10.9. The Morgan fingerprint density at radius 2 is 1.78 bits per heavy atom. The van der Waals surface area contributed by atoms with E-state index >= 15 is 0 Å². The standard InChI is InChI=1S/C22H19N3O2/c1-15-8-6-7-11-20(15)24-13-19-16(2)18(12-23)21(26)25(22(19)27)14-17-9-4-3-5-10-17/h3-11,13,27H,14H2,1-2H3. The number of hydrogen-bond acceptors (Lipinski definition) is 4. The number of nitriles is 1. The summed E-state index contributed by atoms with van der Waals surface area (Å²) in [6.45, 7) is 3.76. The Hall–Kier alpha value is -3.65. The number of aliphatic imine (C=N–C) groups is 1. The zero-order valence-electron chi connectivity index (χ0n) is 15.2. The number of nitrogens with zero attached hydrogens (tertiary/aromatic N) is 3. The number of para-hydroxylation sites is 1. The molecule has 0 saturated heterocycles. The summed E-state index contributed by atoms with van der Waals surface area (Å²) in [6.07, 6.45) is 1.51. The van der Waals surface area contributed by atoms with Crippen molar-refractivity contribution < 1.29 is 5.11 Å². The molecule has 2 aromatic carbocycles. The Morgan fingerprint density at radius 3 is 2.44 bits per heavy atom. The van der Waals surface area contributed by atoms with E-state index in [1.807, 2.05) is 67.6 Å². The van der Waals surface area contributed by atoms with Crippen LogP contribution in [0, 0.1) is 25.2 Å². The van der Waals surface area contributed by atoms with Crippen molar-refractivity contribution in [2.75, 3.05) is 0 Å². The summed E-state index contributed by atoms with van der Waals surface area (Å²) in [5, 5.41) is 20.2. The maximum atomic E-state index is 12.7. The maximum absolute atomic E-state index is 12.7. The van der Waals surface area contributed by atoms with Gasteiger partial charge in [0.1, 0.15) is 11.6 Å². The van der Waals surface area contributed by atoms with Crippen LogP contribution >= 0.6 is 0 Å². The first-order valence-electron chi connectivity index (χ1n) is 8.53. The van der Waals surface area contributed by atoms with E-state index in [0.717, 1.165) is 16.8 Å². The topological polar surface area (TPSA) is 78.4 Å². The van der Waals surface area contributed by atoms with Crippen LogP contribution in [0.3, 0.4) is 0 Å². The quantitative estimate of drug-likeness (QED) is 0.721. The molecule has 0 spiro atoms. The Bertz CT molecular complexity index is 1110. The summed E-state index contributed by atoms with van der Waals surface area (Å²) < 4.78 is 1.21. The second-order valence-corrected chi connectivity index (χ2v) is 6.27. The van der Waals surface area contributed by atoms with E-state index in [2.05, 4.69) is 4.99 Å². The highest BCUT2D eigenvalue weighted by Crippen LogP contribution is 2.23. The fourth-order valence-electron chi connectivity index (χ4n) is 2.88. The van der Waals surface area contributed by atoms with Crippen LogP contribution in [0.15, 0.2) is 64.4 Å². The lowest BCUT2D eigenvalue weighted by atomic mass is 10.1. The van der Waals surface area contributed by atoms with Gasteiger partial charge in [0.2, 0.25) is 5.88 Å². The number of benzene rings is 2. The number of hydrogen-bond donors (Lipinski definition) is 1. The number of aryl methyl sites for hydroxylation is 1. The van der Waals surface area contributed by atoms with Gasteiger partial charge in [-0.2, -0.15) is 5.26 Å². The van der Waals surface area contributed by atoms with E-state index < -0.39 is 5.56 Å². The van der Waals surface area contributed by atoms with Crippen LogP contribution in [0.5, 0.6) is 5.88 Å². The highest BCUT2D eigenvalue weighted by Gasteiger charge is 2.18. The molecular formula is C22H19N3O2. The molecule has 1 N–H and O–H groups in total. The summed E-state index contributed by atoms with van der Waals surface area (Å²) in [6, 6.07) is 18.9. The van der Waals surface area contributed by atoms with Crippen molar-refractivity contribution in [3.63, 3.8) is 0 Å². The molecule has 1 aromatic heterocycles. The molecule has 1 heterocycles. The molecule has 3 aromatic rings. The molecule has 134 valence electrons. The number of pyridine rings is 1. The van der Waals surface area contributed by atoms with Crippen molar-refractivity contribution in [3.8, 4) is 11.9 Å². The highest BCUT2D eigenvalue weighted by atomic mass is 16.3. The van der Waals surface area contributed by atoms with Gasteiger partial charge in [-0.15, -0.1) is 0 Å². The van der Waals surface area contributed by atoms with Crippen molar-refractivity contribution in [2.24, 2.45) is 4.99 Å². The van der Waals surface area contributed by atoms with Gasteiger partial charge in [0.05, 0.1) is 17.8 Å². The van der Waals surface area contributed by atoms with Gasteiger partial charge in [0.15, 0.2) is 0 Å². The third-order valence-electron chi connectivity index (χ3n) is 4.48. The minimum absolute atomic E-state index is 0.00923. The second-order valence-electron chi connectivity index (χ2n) is 6.27. The number of rotatable bonds is 4. The molecule has 0 atom stereocenters. The Morgan fingerprint density at radius 1 is 1.11 bits per heavy atom. The Kier molecular flexibility index (Phi) is 5.18. The molecule has 0 unspecified atom stereocenters. The average molecular weight is 357 g/mol. The van der Waals surface area contributed by atoms with E-state index in [4.69, 9.17) is 0 Å². The first kappa shape index (κ1) is 18.2. The van der Waals surface area contributed by atoms with Crippen molar-refractivity contribution >= 4 is 11.9 Å². The molecule has 3 rings (SSSR count). The molecule has 0 aliphatic rings. The largest absolute Gasteiger partial charge is 0.494 e. The van der Waals surface area contributed by atoms with Gasteiger partial charge in [-0.25, -0.2) is 0 Å². The van der Waals surface area contributed by atoms with Gasteiger partial charge in [0, 0.05) is 6.21 Å². The van der Waals surface area contributed by atoms with Crippen molar-refractivity contribution in [1.82, 2.24) is 4.57 Å². The van der Waals surface area contributed by atoms with Crippen LogP contribution in [0.4, 0.5) is 5.69 Å². The van der Waals surface area contributed by atoms with E-state index in [1.54, 1.807) is 6.92 Å². The van der Waals surface area contributed by atoms with Crippen molar-refractivity contribution in [2.45, 2.75) is 20.4 Å². The van der Waals surface area contributed by atoms with Gasteiger partial charge in [-0.1, -0.05) is 48.5 Å². The molecular weight excluding hydrogens is 338 g/mol. The van der Waals surface area contributed by atoms with Crippen molar-refractivity contribution in [3.05, 3.63) is 92.8 Å². The summed E-state index contributed by atoms with van der Waals surface area (Å²) in [4.78, 5) is 17.1. The Labute approximate surface area is 157 Å². The maximum Gasteiger partial charge on any atom is 0.271 e. The zero-order chi connectivity index (χ0) is 19.4. The molecule has 0 saturated carbocycles. The average Bonchev–Trinajstić information content (AvgIpc) is 2.67. The van der Waals surface area contributed by atoms with Gasteiger partial charge in [-0.3, -0.25) is 14.4 Å². The first-order valence-corrected chi connectivity index (χ1v) is 8.53. The van der Waals surface area contributed by atoms with Crippen molar-refractivity contribution in [1.29, 1.82) is 5.26 Å². The molecule has 5 nitrogen and oxygen atoms in total. The predicted octanol–water partition coefficient (Wildman–Crippen LogP) is 3.84. The Balaban J connectivity index is 2.14. The lowest BCUT2D eigenvalue weighted by molar-refractivity contribution is 0.413. The van der Waals surface area contributed by atoms with E-state index in [0.29, 0.717) is 11.1 Å². The summed E-state index contributed by atoms with van der Waals surface area (Å²) >= 11 is 0. The second kappa shape index (κ2) is 7.71. The molecule has 0 amide bonds. The SMILES string of the molecule is Cc1ccccc1N=Cc1c(C)c(C#N)c(=O)n(Cc2ccccc2)c1O. The van der Waals surface area contributed by atoms with Crippen LogP contribution in [-0.2, 0) is 6.54 Å². The van der Waals surface area contributed by atoms with E-state index in [9.17, 15) is 15.2 Å². The number of aromatic nitrogens is 1. The lowest BCUT2D eigenvalue weighted by Gasteiger charge is -2.14. The third kappa shape index (κ3) is 3.65. The van der Waals surface area contributed by atoms with Gasteiger partial charge in [0.25, 0.3) is 5.56 Å². The zero-order valence-corrected chi connectivity index (χ0v) is 15.2. The van der Waals surface area contributed by atoms with Gasteiger partial charge >= 0.3 is 0 Å². The molecule has 0 radical (unpaired) electrons. The summed E-state index contributed by atoms with van der Waals surface area (Å²) in [5.74, 6) is -0.197. The minimum Gasteiger partial charge on any atom is -0.494 e. The molecule has 5 heteroatoms. The molecule has 0 aliphatic heterocycles. The summed E-state index contributed by atoms with van der Waals surface area (Å²) in [7, 11) is 0. The van der Waals surface area contributed by atoms with Gasteiger partial charge < -0.3 is 5.11 Å². The van der Waals surface area contributed by atoms with Crippen LogP contribution < -0.4 is 5.56 Å². The first-order chi connectivity index (χ1) is 13.0. The monoisotopic (exact) mass is 357 g/mol. The minimum atomic E-state index is -0.510. The summed E-state index contributed by atoms with van der Waals surface area (Å²) in [5.41, 5.74) is 2.88. The fraction of sp³-hybridized carbons (Fsp3) is 0.136. The molecule has 0 fully saturated rings. The van der Waals surface area contributed by atoms with Gasteiger partial charge in [-0.05, 0) is 36.6 Å². The van der Waals surface area contributed by atoms with Crippen LogP contribution in [0.2, 0.25) is 0 Å². The lowest BCUT2D eigenvalue weighted by Crippen LogP contribution is -2.25. The molecule has 27 heavy (non-hydrogen) atoms. The smallest absolute Gasteiger partial charge is 0.271 e. The third-order valence-corrected chi connectivity index (χ3v) is 4.48. The van der Waals surface area contributed by atoms with E-state index in [1.165, 1.54) is 10.8 Å².